The number of benzene rings is 1. The van der Waals surface area contributed by atoms with Gasteiger partial charge in [-0.15, -0.1) is 11.3 Å². The van der Waals surface area contributed by atoms with Gasteiger partial charge in [0.05, 0.1) is 22.5 Å². The number of allylic oxidation sites excluding steroid dienone is 3. The molecular formula is C26H28N4O3S. The Kier molecular flexibility index (Phi) is 5.65. The molecule has 0 spiro atoms. The number of carbonyl (C=O) groups excluding carboxylic acids is 1. The fraction of sp³-hybridized carbons (Fsp3) is 0.385. The van der Waals surface area contributed by atoms with E-state index in [9.17, 15) is 20.2 Å². The number of carbonyl (C=O) groups is 1. The number of nitrogens with two attached hydrogens (primary N) is 1. The van der Waals surface area contributed by atoms with Crippen molar-refractivity contribution in [1.29, 1.82) is 5.26 Å². The zero-order chi connectivity index (χ0) is 25.0. The third-order valence-corrected chi connectivity index (χ3v) is 7.93. The highest BCUT2D eigenvalue weighted by Gasteiger charge is 2.45. The number of non-ortho nitro benzene ring substituents is 1. The van der Waals surface area contributed by atoms with Crippen molar-refractivity contribution in [2.45, 2.75) is 58.8 Å². The molecule has 1 unspecified atom stereocenters. The van der Waals surface area contributed by atoms with Gasteiger partial charge in [0.1, 0.15) is 5.82 Å². The van der Waals surface area contributed by atoms with E-state index in [1.54, 1.807) is 28.4 Å². The maximum atomic E-state index is 13.6. The Morgan fingerprint density at radius 3 is 2.35 bits per heavy atom. The van der Waals surface area contributed by atoms with E-state index in [4.69, 9.17) is 5.73 Å². The second-order valence-corrected chi connectivity index (χ2v) is 11.8. The molecule has 34 heavy (non-hydrogen) atoms. The lowest BCUT2D eigenvalue weighted by Crippen LogP contribution is -2.42. The minimum atomic E-state index is -0.515. The van der Waals surface area contributed by atoms with Gasteiger partial charge in [0.15, 0.2) is 5.78 Å². The monoisotopic (exact) mass is 476 g/mol. The SMILES string of the molecule is CC1(C)CC(=O)C2=C(C1)N(c1ccc([N+](=O)[O-])cc1)C(N)=C(C#N)C2c1ccc(C(C)(C)C)s1. The Bertz CT molecular complexity index is 1290. The summed E-state index contributed by atoms with van der Waals surface area (Å²) in [4.78, 5) is 28.1. The highest BCUT2D eigenvalue weighted by atomic mass is 32.1. The van der Waals surface area contributed by atoms with Crippen LogP contribution in [0.25, 0.3) is 0 Å². The van der Waals surface area contributed by atoms with E-state index in [2.05, 4.69) is 32.9 Å². The zero-order valence-corrected chi connectivity index (χ0v) is 20.8. The predicted molar refractivity (Wildman–Crippen MR) is 133 cm³/mol. The third kappa shape index (κ3) is 4.01. The molecule has 2 aromatic rings. The van der Waals surface area contributed by atoms with Gasteiger partial charge in [-0.2, -0.15) is 5.26 Å². The molecule has 2 heterocycles. The molecule has 0 bridgehead atoms. The molecule has 2 N–H and O–H groups in total. The fourth-order valence-electron chi connectivity index (χ4n) is 4.72. The van der Waals surface area contributed by atoms with Crippen molar-refractivity contribution in [2.24, 2.45) is 11.1 Å². The van der Waals surface area contributed by atoms with E-state index >= 15 is 0 Å². The molecule has 4 rings (SSSR count). The quantitative estimate of drug-likeness (QED) is 0.436. The van der Waals surface area contributed by atoms with Crippen LogP contribution in [0, 0.1) is 26.9 Å². The van der Waals surface area contributed by atoms with Crippen LogP contribution in [-0.4, -0.2) is 10.7 Å². The number of hydrogen-bond acceptors (Lipinski definition) is 7. The van der Waals surface area contributed by atoms with E-state index in [0.717, 1.165) is 10.6 Å². The number of nitriles is 1. The largest absolute Gasteiger partial charge is 0.384 e. The van der Waals surface area contributed by atoms with Gasteiger partial charge in [-0.1, -0.05) is 34.6 Å². The van der Waals surface area contributed by atoms with Crippen LogP contribution in [-0.2, 0) is 10.2 Å². The first-order valence-electron chi connectivity index (χ1n) is 11.1. The van der Waals surface area contributed by atoms with Gasteiger partial charge in [-0.3, -0.25) is 19.8 Å². The number of thiophene rings is 1. The molecule has 0 radical (unpaired) electrons. The first-order chi connectivity index (χ1) is 15.8. The van der Waals surface area contributed by atoms with Gasteiger partial charge in [-0.05, 0) is 41.5 Å². The Morgan fingerprint density at radius 1 is 1.18 bits per heavy atom. The molecule has 1 atom stereocenters. The first kappa shape index (κ1) is 23.7. The van der Waals surface area contributed by atoms with Crippen LogP contribution in [0.5, 0.6) is 0 Å². The van der Waals surface area contributed by atoms with Crippen molar-refractivity contribution in [3.8, 4) is 6.07 Å². The Morgan fingerprint density at radius 2 is 1.82 bits per heavy atom. The number of rotatable bonds is 3. The second-order valence-electron chi connectivity index (χ2n) is 10.7. The van der Waals surface area contributed by atoms with Gasteiger partial charge in [-0.25, -0.2) is 0 Å². The van der Waals surface area contributed by atoms with Crippen LogP contribution in [0.3, 0.4) is 0 Å². The van der Waals surface area contributed by atoms with Gasteiger partial charge in [0, 0.05) is 45.3 Å². The molecule has 0 fully saturated rings. The van der Waals surface area contributed by atoms with E-state index in [-0.39, 0.29) is 28.1 Å². The van der Waals surface area contributed by atoms with E-state index in [1.165, 1.54) is 17.0 Å². The lowest BCUT2D eigenvalue weighted by Gasteiger charge is -2.43. The van der Waals surface area contributed by atoms with Crippen molar-refractivity contribution >= 4 is 28.5 Å². The van der Waals surface area contributed by atoms with Crippen LogP contribution in [0.1, 0.15) is 63.1 Å². The van der Waals surface area contributed by atoms with E-state index < -0.39 is 10.8 Å². The van der Waals surface area contributed by atoms with E-state index in [1.807, 2.05) is 19.9 Å². The van der Waals surface area contributed by atoms with Crippen LogP contribution in [0.4, 0.5) is 11.4 Å². The van der Waals surface area contributed by atoms with Gasteiger partial charge >= 0.3 is 0 Å². The minimum absolute atomic E-state index is 0.00844. The summed E-state index contributed by atoms with van der Waals surface area (Å²) in [5, 5.41) is 21.3. The Labute approximate surface area is 203 Å². The van der Waals surface area contributed by atoms with Crippen LogP contribution in [0.2, 0.25) is 0 Å². The Hall–Kier alpha value is -3.44. The summed E-state index contributed by atoms with van der Waals surface area (Å²) in [6, 6.07) is 12.4. The normalized spacial score (nSPS) is 20.3. The van der Waals surface area contributed by atoms with Crippen molar-refractivity contribution < 1.29 is 9.72 Å². The number of hydrogen-bond donors (Lipinski definition) is 1. The summed E-state index contributed by atoms with van der Waals surface area (Å²) in [5.41, 5.74) is 8.54. The van der Waals surface area contributed by atoms with Crippen LogP contribution < -0.4 is 10.6 Å². The highest BCUT2D eigenvalue weighted by Crippen LogP contribution is 2.51. The van der Waals surface area contributed by atoms with Crippen molar-refractivity contribution in [3.05, 3.63) is 78.9 Å². The molecule has 1 aliphatic carbocycles. The average Bonchev–Trinajstić information content (AvgIpc) is 3.23. The average molecular weight is 477 g/mol. The molecule has 0 saturated heterocycles. The first-order valence-corrected chi connectivity index (χ1v) is 12.0. The number of nitrogens with zero attached hydrogens (tertiary/aromatic N) is 3. The lowest BCUT2D eigenvalue weighted by atomic mass is 9.69. The molecule has 1 aliphatic heterocycles. The predicted octanol–water partition coefficient (Wildman–Crippen LogP) is 5.89. The van der Waals surface area contributed by atoms with Crippen molar-refractivity contribution in [2.75, 3.05) is 4.90 Å². The minimum Gasteiger partial charge on any atom is -0.384 e. The number of ketones is 1. The molecule has 0 amide bonds. The number of anilines is 1. The second kappa shape index (κ2) is 8.10. The topological polar surface area (TPSA) is 113 Å². The lowest BCUT2D eigenvalue weighted by molar-refractivity contribution is -0.384. The third-order valence-electron chi connectivity index (χ3n) is 6.35. The molecule has 2 aliphatic rings. The number of Topliss-reactive ketones (excluding diaryl/α,β-unsaturated/α-hetero) is 1. The summed E-state index contributed by atoms with van der Waals surface area (Å²) in [6.45, 7) is 10.5. The summed E-state index contributed by atoms with van der Waals surface area (Å²) in [6.07, 6.45) is 0.977. The van der Waals surface area contributed by atoms with Gasteiger partial charge in [0.2, 0.25) is 0 Å². The highest BCUT2D eigenvalue weighted by molar-refractivity contribution is 7.12. The summed E-state index contributed by atoms with van der Waals surface area (Å²) >= 11 is 1.61. The maximum absolute atomic E-state index is 13.6. The zero-order valence-electron chi connectivity index (χ0n) is 20.0. The number of nitro groups is 1. The molecule has 176 valence electrons. The standard InChI is InChI=1S/C26H28N4O3S/c1-25(2,3)21-11-10-20(34-21)22-17(14-27)24(28)29(15-6-8-16(9-7-15)30(32)33)18-12-26(4,5)13-19(31)23(18)22/h6-11,22H,12-13,28H2,1-5H3. The number of nitro benzene ring substituents is 1. The molecule has 8 heteroatoms. The molecule has 1 aromatic carbocycles. The molecule has 7 nitrogen and oxygen atoms in total. The van der Waals surface area contributed by atoms with E-state index in [0.29, 0.717) is 29.7 Å². The maximum Gasteiger partial charge on any atom is 0.269 e. The van der Waals surface area contributed by atoms with Crippen LogP contribution >= 0.6 is 11.3 Å². The summed E-state index contributed by atoms with van der Waals surface area (Å²) in [7, 11) is 0. The molecule has 1 aromatic heterocycles. The van der Waals surface area contributed by atoms with Gasteiger partial charge < -0.3 is 5.73 Å². The summed E-state index contributed by atoms with van der Waals surface area (Å²) in [5.74, 6) is -0.246. The van der Waals surface area contributed by atoms with Crippen molar-refractivity contribution in [1.82, 2.24) is 0 Å². The van der Waals surface area contributed by atoms with Crippen LogP contribution in [0.15, 0.2) is 59.1 Å². The fourth-order valence-corrected chi connectivity index (χ4v) is 5.91. The van der Waals surface area contributed by atoms with Gasteiger partial charge in [0.25, 0.3) is 5.69 Å². The summed E-state index contributed by atoms with van der Waals surface area (Å²) < 4.78 is 0. The smallest absolute Gasteiger partial charge is 0.269 e. The Balaban J connectivity index is 1.94. The van der Waals surface area contributed by atoms with Crippen molar-refractivity contribution in [3.63, 3.8) is 0 Å². The molecule has 0 saturated carbocycles. The molecular weight excluding hydrogens is 448 g/mol.